The van der Waals surface area contributed by atoms with Gasteiger partial charge in [-0.3, -0.25) is 9.48 Å². The molecule has 31 heavy (non-hydrogen) atoms. The zero-order valence-corrected chi connectivity index (χ0v) is 18.3. The average molecular weight is 427 g/mol. The number of rotatable bonds is 10. The molecule has 9 nitrogen and oxygen atoms in total. The van der Waals surface area contributed by atoms with Crippen LogP contribution in [0.1, 0.15) is 27.2 Å². The van der Waals surface area contributed by atoms with E-state index < -0.39 is 0 Å². The van der Waals surface area contributed by atoms with Gasteiger partial charge in [0.25, 0.3) is 0 Å². The van der Waals surface area contributed by atoms with Crippen LogP contribution in [0.5, 0.6) is 0 Å². The second-order valence-electron chi connectivity index (χ2n) is 8.49. The normalized spacial score (nSPS) is 15.2. The van der Waals surface area contributed by atoms with E-state index in [0.29, 0.717) is 49.2 Å². The Labute approximate surface area is 181 Å². The van der Waals surface area contributed by atoms with Gasteiger partial charge in [0.2, 0.25) is 5.95 Å². The number of nitrogens with one attached hydrogen (secondary N) is 1. The molecule has 4 rings (SSSR count). The van der Waals surface area contributed by atoms with Crippen LogP contribution in [-0.2, 0) is 27.4 Å². The van der Waals surface area contributed by atoms with Crippen LogP contribution in [0.2, 0.25) is 0 Å². The Hall–Kier alpha value is -2.94. The lowest BCUT2D eigenvalue weighted by molar-refractivity contribution is -0.151. The fourth-order valence-corrected chi connectivity index (χ4v) is 3.66. The lowest BCUT2D eigenvalue weighted by Gasteiger charge is -2.25. The van der Waals surface area contributed by atoms with Gasteiger partial charge in [0.05, 0.1) is 31.7 Å². The van der Waals surface area contributed by atoms with Gasteiger partial charge in [-0.15, -0.1) is 0 Å². The van der Waals surface area contributed by atoms with E-state index in [1.165, 1.54) is 4.68 Å². The molecule has 0 saturated carbocycles. The summed E-state index contributed by atoms with van der Waals surface area (Å²) in [5.41, 5.74) is 1.62. The molecule has 0 aromatic carbocycles. The minimum Gasteiger partial charge on any atom is -0.464 e. The highest BCUT2D eigenvalue weighted by Crippen LogP contribution is 2.22. The van der Waals surface area contributed by atoms with Crippen molar-refractivity contribution in [1.29, 1.82) is 0 Å². The lowest BCUT2D eigenvalue weighted by Crippen LogP contribution is -2.33. The Morgan fingerprint density at radius 1 is 1.35 bits per heavy atom. The quantitative estimate of drug-likeness (QED) is 0.497. The van der Waals surface area contributed by atoms with E-state index in [4.69, 9.17) is 14.5 Å². The van der Waals surface area contributed by atoms with E-state index in [2.05, 4.69) is 46.9 Å². The van der Waals surface area contributed by atoms with Crippen LogP contribution in [0.15, 0.2) is 30.9 Å². The summed E-state index contributed by atoms with van der Waals surface area (Å²) < 4.78 is 14.1. The van der Waals surface area contributed by atoms with Crippen LogP contribution in [-0.4, -0.2) is 50.1 Å². The molecule has 1 aliphatic heterocycles. The Balaban J connectivity index is 1.39. The highest BCUT2D eigenvalue weighted by Gasteiger charge is 2.20. The van der Waals surface area contributed by atoms with Crippen molar-refractivity contribution in [3.8, 4) is 0 Å². The third kappa shape index (κ3) is 5.22. The van der Waals surface area contributed by atoms with Crippen LogP contribution in [0, 0.1) is 17.8 Å². The number of fused-ring (bicyclic) bond motifs is 1. The molecule has 1 aliphatic rings. The number of esters is 1. The standard InChI is InChI=1S/C22H30N6O3/c1-4-17(15(2)3)9-27-6-5-18-7-23-22(26-21(18)27)25-19-8-24-28(10-19)11-20(29)31-14-16-12-30-13-16/h5-8,10,15-17H,4,9,11-14H2,1-3H3,(H,23,25,26)/t17-/m1/s1. The van der Waals surface area contributed by atoms with Crippen LogP contribution < -0.4 is 5.32 Å². The maximum atomic E-state index is 12.0. The second-order valence-corrected chi connectivity index (χ2v) is 8.49. The van der Waals surface area contributed by atoms with Crippen molar-refractivity contribution in [2.75, 3.05) is 25.1 Å². The molecule has 0 bridgehead atoms. The molecule has 3 aromatic rings. The number of aromatic nitrogens is 5. The van der Waals surface area contributed by atoms with Crippen molar-refractivity contribution < 1.29 is 14.3 Å². The summed E-state index contributed by atoms with van der Waals surface area (Å²) in [5, 5.41) is 8.41. The van der Waals surface area contributed by atoms with Gasteiger partial charge < -0.3 is 19.4 Å². The van der Waals surface area contributed by atoms with Gasteiger partial charge in [0, 0.05) is 36.4 Å². The van der Waals surface area contributed by atoms with Crippen LogP contribution in [0.4, 0.5) is 11.6 Å². The monoisotopic (exact) mass is 426 g/mol. The van der Waals surface area contributed by atoms with Crippen molar-refractivity contribution in [1.82, 2.24) is 24.3 Å². The molecule has 3 aromatic heterocycles. The zero-order valence-electron chi connectivity index (χ0n) is 18.3. The van der Waals surface area contributed by atoms with Crippen LogP contribution in [0.3, 0.4) is 0 Å². The van der Waals surface area contributed by atoms with E-state index >= 15 is 0 Å². The number of ether oxygens (including phenoxy) is 2. The summed E-state index contributed by atoms with van der Waals surface area (Å²) in [7, 11) is 0. The molecule has 1 saturated heterocycles. The fourth-order valence-electron chi connectivity index (χ4n) is 3.66. The van der Waals surface area contributed by atoms with Crippen LogP contribution >= 0.6 is 0 Å². The second kappa shape index (κ2) is 9.47. The van der Waals surface area contributed by atoms with Crippen molar-refractivity contribution in [3.05, 3.63) is 30.9 Å². The highest BCUT2D eigenvalue weighted by atomic mass is 16.5. The van der Waals surface area contributed by atoms with E-state index in [0.717, 1.165) is 24.0 Å². The molecule has 0 aliphatic carbocycles. The van der Waals surface area contributed by atoms with E-state index in [1.807, 2.05) is 12.3 Å². The molecule has 4 heterocycles. The Morgan fingerprint density at radius 2 is 2.19 bits per heavy atom. The summed E-state index contributed by atoms with van der Waals surface area (Å²) in [4.78, 5) is 21.1. The Morgan fingerprint density at radius 3 is 2.90 bits per heavy atom. The molecule has 0 radical (unpaired) electrons. The molecule has 166 valence electrons. The van der Waals surface area contributed by atoms with Crippen molar-refractivity contribution >= 4 is 28.6 Å². The lowest BCUT2D eigenvalue weighted by atomic mass is 9.93. The molecule has 0 amide bonds. The molecular formula is C22H30N6O3. The van der Waals surface area contributed by atoms with E-state index in [9.17, 15) is 4.79 Å². The Bertz CT molecular complexity index is 1020. The maximum Gasteiger partial charge on any atom is 0.327 e. The Kier molecular flexibility index (Phi) is 6.50. The molecular weight excluding hydrogens is 396 g/mol. The topological polar surface area (TPSA) is 96.1 Å². The van der Waals surface area contributed by atoms with Crippen LogP contribution in [0.25, 0.3) is 11.0 Å². The molecule has 1 fully saturated rings. The number of hydrogen-bond acceptors (Lipinski definition) is 7. The third-order valence-corrected chi connectivity index (χ3v) is 5.77. The number of hydrogen-bond donors (Lipinski definition) is 1. The van der Waals surface area contributed by atoms with E-state index in [1.54, 1.807) is 12.4 Å². The largest absolute Gasteiger partial charge is 0.464 e. The number of carbonyl (C=O) groups excluding carboxylic acids is 1. The molecule has 0 spiro atoms. The van der Waals surface area contributed by atoms with Gasteiger partial charge in [-0.25, -0.2) is 4.98 Å². The first-order valence-electron chi connectivity index (χ1n) is 10.9. The first-order chi connectivity index (χ1) is 15.0. The molecule has 1 N–H and O–H groups in total. The van der Waals surface area contributed by atoms with Gasteiger partial charge in [0.1, 0.15) is 12.2 Å². The minimum atomic E-state index is -0.312. The maximum absolute atomic E-state index is 12.0. The average Bonchev–Trinajstić information content (AvgIpc) is 3.31. The van der Waals surface area contributed by atoms with Crippen molar-refractivity contribution in [2.45, 2.75) is 40.3 Å². The van der Waals surface area contributed by atoms with Crippen molar-refractivity contribution in [2.24, 2.45) is 17.8 Å². The van der Waals surface area contributed by atoms with Gasteiger partial charge >= 0.3 is 5.97 Å². The number of nitrogens with zero attached hydrogens (tertiary/aromatic N) is 5. The van der Waals surface area contributed by atoms with E-state index in [-0.39, 0.29) is 12.5 Å². The first-order valence-corrected chi connectivity index (χ1v) is 10.9. The third-order valence-electron chi connectivity index (χ3n) is 5.77. The fraction of sp³-hybridized carbons (Fsp3) is 0.545. The summed E-state index contributed by atoms with van der Waals surface area (Å²) in [5.74, 6) is 1.71. The summed E-state index contributed by atoms with van der Waals surface area (Å²) in [6.45, 7) is 9.46. The van der Waals surface area contributed by atoms with Gasteiger partial charge in [-0.05, 0) is 17.9 Å². The number of carbonyl (C=O) groups is 1. The van der Waals surface area contributed by atoms with Gasteiger partial charge in [-0.1, -0.05) is 27.2 Å². The first kappa shape index (κ1) is 21.3. The van der Waals surface area contributed by atoms with Gasteiger partial charge in [-0.2, -0.15) is 10.1 Å². The molecule has 9 heteroatoms. The SMILES string of the molecule is CC[C@H](Cn1ccc2cnc(Nc3cnn(CC(=O)OCC4COC4)c3)nc21)C(C)C. The van der Waals surface area contributed by atoms with Gasteiger partial charge in [0.15, 0.2) is 0 Å². The highest BCUT2D eigenvalue weighted by molar-refractivity contribution is 5.76. The summed E-state index contributed by atoms with van der Waals surface area (Å²) in [6, 6.07) is 2.05. The summed E-state index contributed by atoms with van der Waals surface area (Å²) in [6.07, 6.45) is 8.41. The molecule has 0 unspecified atom stereocenters. The smallest absolute Gasteiger partial charge is 0.327 e. The number of anilines is 2. The summed E-state index contributed by atoms with van der Waals surface area (Å²) >= 11 is 0. The predicted octanol–water partition coefficient (Wildman–Crippen LogP) is 3.24. The predicted molar refractivity (Wildman–Crippen MR) is 117 cm³/mol. The molecule has 1 atom stereocenters. The minimum absolute atomic E-state index is 0.0611. The van der Waals surface area contributed by atoms with Crippen molar-refractivity contribution in [3.63, 3.8) is 0 Å². The zero-order chi connectivity index (χ0) is 21.8.